The van der Waals surface area contributed by atoms with Gasteiger partial charge in [-0.25, -0.2) is 8.42 Å². The largest absolute Gasteiger partial charge is 0.347 e. The van der Waals surface area contributed by atoms with Crippen molar-refractivity contribution in [2.45, 2.75) is 25.7 Å². The quantitative estimate of drug-likeness (QED) is 0.737. The molecular formula is C11H20N2O4S. The summed E-state index contributed by atoms with van der Waals surface area (Å²) in [4.78, 5) is 24.8. The fourth-order valence-electron chi connectivity index (χ4n) is 1.80. The fraction of sp³-hybridized carbons (Fsp3) is 0.818. The number of hydrogen-bond donors (Lipinski definition) is 1. The highest BCUT2D eigenvalue weighted by Crippen LogP contribution is 2.08. The summed E-state index contributed by atoms with van der Waals surface area (Å²) in [5.41, 5.74) is 0. The van der Waals surface area contributed by atoms with E-state index in [0.29, 0.717) is 0 Å². The predicted octanol–water partition coefficient (Wildman–Crippen LogP) is -0.450. The van der Waals surface area contributed by atoms with Crippen molar-refractivity contribution < 1.29 is 18.0 Å². The summed E-state index contributed by atoms with van der Waals surface area (Å²) in [6.07, 6.45) is 4.15. The van der Waals surface area contributed by atoms with Gasteiger partial charge in [0, 0.05) is 25.8 Å². The Morgan fingerprint density at radius 1 is 1.17 bits per heavy atom. The molecule has 0 spiro atoms. The molecule has 0 aliphatic carbocycles. The first-order valence-electron chi connectivity index (χ1n) is 6.11. The normalized spacial score (nSPS) is 16.4. The summed E-state index contributed by atoms with van der Waals surface area (Å²) in [6.45, 7) is 1.46. The second kappa shape index (κ2) is 6.72. The molecule has 7 heteroatoms. The summed E-state index contributed by atoms with van der Waals surface area (Å²) < 4.78 is 21.7. The van der Waals surface area contributed by atoms with Crippen LogP contribution in [0.4, 0.5) is 0 Å². The molecule has 0 radical (unpaired) electrons. The Balaban J connectivity index is 2.23. The van der Waals surface area contributed by atoms with E-state index in [1.54, 1.807) is 4.90 Å². The molecule has 0 aromatic heterocycles. The number of carbonyl (C=O) groups excluding carboxylic acids is 2. The van der Waals surface area contributed by atoms with Crippen molar-refractivity contribution in [3.05, 3.63) is 0 Å². The number of piperidine rings is 1. The maximum Gasteiger partial charge on any atom is 0.241 e. The zero-order valence-electron chi connectivity index (χ0n) is 10.6. The van der Waals surface area contributed by atoms with E-state index in [2.05, 4.69) is 5.32 Å². The van der Waals surface area contributed by atoms with Crippen LogP contribution in [0.15, 0.2) is 0 Å². The van der Waals surface area contributed by atoms with E-state index in [-0.39, 0.29) is 24.6 Å². The van der Waals surface area contributed by atoms with Gasteiger partial charge >= 0.3 is 0 Å². The maximum atomic E-state index is 11.7. The first kappa shape index (κ1) is 14.9. The lowest BCUT2D eigenvalue weighted by atomic mass is 10.1. The molecule has 0 aromatic carbocycles. The van der Waals surface area contributed by atoms with Crippen LogP contribution in [-0.4, -0.2) is 56.8 Å². The van der Waals surface area contributed by atoms with Gasteiger partial charge in [-0.3, -0.25) is 9.59 Å². The average Bonchev–Trinajstić information content (AvgIpc) is 2.33. The third kappa shape index (κ3) is 6.00. The molecule has 18 heavy (non-hydrogen) atoms. The molecule has 0 aromatic rings. The summed E-state index contributed by atoms with van der Waals surface area (Å²) in [6, 6.07) is 0. The minimum absolute atomic E-state index is 0.0391. The summed E-state index contributed by atoms with van der Waals surface area (Å²) in [5.74, 6) is -0.676. The second-order valence-corrected chi connectivity index (χ2v) is 6.86. The van der Waals surface area contributed by atoms with Gasteiger partial charge in [0.15, 0.2) is 0 Å². The molecule has 1 heterocycles. The van der Waals surface area contributed by atoms with E-state index < -0.39 is 15.7 Å². The molecule has 2 amide bonds. The second-order valence-electron chi connectivity index (χ2n) is 4.60. The van der Waals surface area contributed by atoms with Gasteiger partial charge < -0.3 is 10.2 Å². The molecule has 0 saturated carbocycles. The number of amides is 2. The van der Waals surface area contributed by atoms with Crippen LogP contribution < -0.4 is 5.32 Å². The molecule has 104 valence electrons. The highest BCUT2D eigenvalue weighted by Gasteiger charge is 2.17. The number of hydrogen-bond acceptors (Lipinski definition) is 4. The lowest BCUT2D eigenvalue weighted by Crippen LogP contribution is -2.42. The van der Waals surface area contributed by atoms with Crippen LogP contribution in [0.2, 0.25) is 0 Å². The van der Waals surface area contributed by atoms with E-state index >= 15 is 0 Å². The Morgan fingerprint density at radius 2 is 1.78 bits per heavy atom. The number of nitrogens with one attached hydrogen (secondary N) is 1. The Bertz CT molecular complexity index is 399. The molecule has 0 atom stereocenters. The van der Waals surface area contributed by atoms with Crippen LogP contribution in [0, 0.1) is 0 Å². The molecule has 1 aliphatic rings. The van der Waals surface area contributed by atoms with Crippen LogP contribution in [0.25, 0.3) is 0 Å². The lowest BCUT2D eigenvalue weighted by Gasteiger charge is -2.26. The number of sulfone groups is 1. The van der Waals surface area contributed by atoms with Crippen LogP contribution >= 0.6 is 0 Å². The van der Waals surface area contributed by atoms with Crippen molar-refractivity contribution in [3.8, 4) is 0 Å². The number of likely N-dealkylation sites (tertiary alicyclic amines) is 1. The van der Waals surface area contributed by atoms with Gasteiger partial charge in [-0.05, 0) is 19.3 Å². The number of nitrogens with zero attached hydrogens (tertiary/aromatic N) is 1. The molecule has 6 nitrogen and oxygen atoms in total. The smallest absolute Gasteiger partial charge is 0.241 e. The zero-order chi connectivity index (χ0) is 13.6. The van der Waals surface area contributed by atoms with E-state index in [1.807, 2.05) is 0 Å². The summed E-state index contributed by atoms with van der Waals surface area (Å²) >= 11 is 0. The van der Waals surface area contributed by atoms with Gasteiger partial charge in [0.2, 0.25) is 11.8 Å². The van der Waals surface area contributed by atoms with E-state index in [9.17, 15) is 18.0 Å². The highest BCUT2D eigenvalue weighted by atomic mass is 32.2. The predicted molar refractivity (Wildman–Crippen MR) is 67.8 cm³/mol. The van der Waals surface area contributed by atoms with Crippen molar-refractivity contribution in [1.82, 2.24) is 10.2 Å². The molecule has 0 bridgehead atoms. The van der Waals surface area contributed by atoms with Gasteiger partial charge in [0.25, 0.3) is 0 Å². The summed E-state index contributed by atoms with van der Waals surface area (Å²) in [7, 11) is -3.13. The van der Waals surface area contributed by atoms with Crippen LogP contribution in [0.5, 0.6) is 0 Å². The standard InChI is InChI=1S/C11H20N2O4S/c1-18(16,17)8-5-10(14)12-9-11(15)13-6-3-2-4-7-13/h2-9H2,1H3,(H,12,14). The zero-order valence-corrected chi connectivity index (χ0v) is 11.5. The molecule has 1 saturated heterocycles. The summed E-state index contributed by atoms with van der Waals surface area (Å²) in [5, 5.41) is 2.46. The first-order chi connectivity index (χ1) is 8.38. The van der Waals surface area contributed by atoms with Crippen molar-refractivity contribution in [1.29, 1.82) is 0 Å². The highest BCUT2D eigenvalue weighted by molar-refractivity contribution is 7.90. The fourth-order valence-corrected chi connectivity index (χ4v) is 2.35. The molecular weight excluding hydrogens is 256 g/mol. The number of carbonyl (C=O) groups is 2. The van der Waals surface area contributed by atoms with Gasteiger partial charge in [-0.15, -0.1) is 0 Å². The molecule has 1 N–H and O–H groups in total. The van der Waals surface area contributed by atoms with Crippen molar-refractivity contribution in [2.24, 2.45) is 0 Å². The lowest BCUT2D eigenvalue weighted by molar-refractivity contribution is -0.133. The third-order valence-electron chi connectivity index (χ3n) is 2.85. The van der Waals surface area contributed by atoms with E-state index in [1.165, 1.54) is 0 Å². The Morgan fingerprint density at radius 3 is 2.33 bits per heavy atom. The Hall–Kier alpha value is -1.11. The average molecular weight is 276 g/mol. The minimum atomic E-state index is -3.13. The van der Waals surface area contributed by atoms with Crippen LogP contribution in [0.1, 0.15) is 25.7 Å². The van der Waals surface area contributed by atoms with Crippen LogP contribution in [0.3, 0.4) is 0 Å². The van der Waals surface area contributed by atoms with Crippen molar-refractivity contribution >= 4 is 21.7 Å². The SMILES string of the molecule is CS(=O)(=O)CCC(=O)NCC(=O)N1CCCCC1. The van der Waals surface area contributed by atoms with Crippen molar-refractivity contribution in [3.63, 3.8) is 0 Å². The first-order valence-corrected chi connectivity index (χ1v) is 8.17. The van der Waals surface area contributed by atoms with Crippen LogP contribution in [-0.2, 0) is 19.4 Å². The minimum Gasteiger partial charge on any atom is -0.347 e. The maximum absolute atomic E-state index is 11.7. The van der Waals surface area contributed by atoms with Gasteiger partial charge in [-0.2, -0.15) is 0 Å². The Kier molecular flexibility index (Phi) is 5.58. The molecule has 1 rings (SSSR count). The van der Waals surface area contributed by atoms with E-state index in [0.717, 1.165) is 38.6 Å². The third-order valence-corrected chi connectivity index (χ3v) is 3.79. The van der Waals surface area contributed by atoms with Gasteiger partial charge in [0.1, 0.15) is 9.84 Å². The van der Waals surface area contributed by atoms with Crippen molar-refractivity contribution in [2.75, 3.05) is 31.6 Å². The molecule has 1 fully saturated rings. The number of rotatable bonds is 5. The topological polar surface area (TPSA) is 83.5 Å². The monoisotopic (exact) mass is 276 g/mol. The molecule has 1 aliphatic heterocycles. The van der Waals surface area contributed by atoms with E-state index in [4.69, 9.17) is 0 Å². The van der Waals surface area contributed by atoms with Gasteiger partial charge in [-0.1, -0.05) is 0 Å². The molecule has 0 unspecified atom stereocenters. The van der Waals surface area contributed by atoms with Gasteiger partial charge in [0.05, 0.1) is 12.3 Å². The Labute approximate surface area is 108 Å².